The number of halogens is 2. The molecule has 2 fully saturated rings. The lowest BCUT2D eigenvalue weighted by molar-refractivity contribution is -0.134. The SMILES string of the molecule is C[C@@H]1C[C@H](N2C(=N)N[C@](C)(c3cccc(NC(=O)c4ccccc4Cl)c3Cl)CC2=O)CCO1. The molecule has 0 unspecified atom stereocenters. The van der Waals surface area contributed by atoms with Gasteiger partial charge in [0.25, 0.3) is 5.91 Å². The molecule has 174 valence electrons. The van der Waals surface area contributed by atoms with Crippen LogP contribution in [0.5, 0.6) is 0 Å². The molecule has 0 aliphatic carbocycles. The van der Waals surface area contributed by atoms with Gasteiger partial charge in [-0.25, -0.2) is 0 Å². The average Bonchev–Trinajstić information content (AvgIpc) is 2.75. The quantitative estimate of drug-likeness (QED) is 0.576. The van der Waals surface area contributed by atoms with E-state index < -0.39 is 5.54 Å². The summed E-state index contributed by atoms with van der Waals surface area (Å²) >= 11 is 12.8. The third-order valence-corrected chi connectivity index (χ3v) is 6.93. The fourth-order valence-electron chi connectivity index (χ4n) is 4.53. The number of carbonyl (C=O) groups is 2. The highest BCUT2D eigenvalue weighted by molar-refractivity contribution is 6.36. The molecule has 0 radical (unpaired) electrons. The summed E-state index contributed by atoms with van der Waals surface area (Å²) in [6, 6.07) is 11.9. The van der Waals surface area contributed by atoms with Crippen molar-refractivity contribution in [2.75, 3.05) is 11.9 Å². The second-order valence-corrected chi connectivity index (χ2v) is 9.49. The number of hydrogen-bond donors (Lipinski definition) is 3. The summed E-state index contributed by atoms with van der Waals surface area (Å²) in [5.41, 5.74) is 0.464. The van der Waals surface area contributed by atoms with Gasteiger partial charge in [-0.15, -0.1) is 0 Å². The molecule has 0 aromatic heterocycles. The molecule has 9 heteroatoms. The molecule has 3 N–H and O–H groups in total. The first-order chi connectivity index (χ1) is 15.7. The lowest BCUT2D eigenvalue weighted by Crippen LogP contribution is -2.63. The van der Waals surface area contributed by atoms with Crippen LogP contribution in [0.3, 0.4) is 0 Å². The van der Waals surface area contributed by atoms with Crippen LogP contribution in [0.4, 0.5) is 5.69 Å². The molecule has 2 saturated heterocycles. The summed E-state index contributed by atoms with van der Waals surface area (Å²) in [5, 5.41) is 15.2. The van der Waals surface area contributed by atoms with Gasteiger partial charge in [0.2, 0.25) is 5.91 Å². The van der Waals surface area contributed by atoms with Gasteiger partial charge in [-0.3, -0.25) is 19.9 Å². The van der Waals surface area contributed by atoms with Crippen molar-refractivity contribution in [2.45, 2.75) is 50.8 Å². The maximum atomic E-state index is 13.2. The average molecular weight is 489 g/mol. The Hall–Kier alpha value is -2.61. The van der Waals surface area contributed by atoms with Gasteiger partial charge in [0.05, 0.1) is 39.4 Å². The Morgan fingerprint density at radius 1 is 1.24 bits per heavy atom. The fourth-order valence-corrected chi connectivity index (χ4v) is 5.13. The number of nitrogens with one attached hydrogen (secondary N) is 3. The maximum absolute atomic E-state index is 13.2. The third kappa shape index (κ3) is 4.71. The third-order valence-electron chi connectivity index (χ3n) is 6.19. The number of ether oxygens (including phenoxy) is 1. The molecule has 2 aliphatic heterocycles. The zero-order valence-electron chi connectivity index (χ0n) is 18.5. The Morgan fingerprint density at radius 3 is 2.70 bits per heavy atom. The molecule has 0 saturated carbocycles. The van der Waals surface area contributed by atoms with Gasteiger partial charge < -0.3 is 15.4 Å². The predicted octanol–water partition coefficient (Wildman–Crippen LogP) is 4.79. The second-order valence-electron chi connectivity index (χ2n) is 8.71. The Kier molecular flexibility index (Phi) is 6.66. The van der Waals surface area contributed by atoms with Crippen molar-refractivity contribution in [3.8, 4) is 0 Å². The van der Waals surface area contributed by atoms with Gasteiger partial charge in [0.15, 0.2) is 5.96 Å². The molecule has 7 nitrogen and oxygen atoms in total. The first kappa shape index (κ1) is 23.5. The summed E-state index contributed by atoms with van der Waals surface area (Å²) in [6.07, 6.45) is 1.56. The van der Waals surface area contributed by atoms with Crippen LogP contribution < -0.4 is 10.6 Å². The molecule has 4 rings (SSSR count). The van der Waals surface area contributed by atoms with Crippen molar-refractivity contribution in [3.05, 3.63) is 63.6 Å². The molecule has 2 amide bonds. The number of benzene rings is 2. The Bertz CT molecular complexity index is 1090. The van der Waals surface area contributed by atoms with E-state index in [1.165, 1.54) is 4.90 Å². The van der Waals surface area contributed by atoms with Gasteiger partial charge in [-0.2, -0.15) is 0 Å². The molecule has 2 aliphatic rings. The van der Waals surface area contributed by atoms with Gasteiger partial charge >= 0.3 is 0 Å². The van der Waals surface area contributed by atoms with Crippen LogP contribution in [0.1, 0.15) is 49.0 Å². The van der Waals surface area contributed by atoms with Crippen LogP contribution in [-0.4, -0.2) is 41.4 Å². The van der Waals surface area contributed by atoms with E-state index in [0.717, 1.165) is 0 Å². The summed E-state index contributed by atoms with van der Waals surface area (Å²) in [4.78, 5) is 27.4. The van der Waals surface area contributed by atoms with Gasteiger partial charge in [0, 0.05) is 12.6 Å². The van der Waals surface area contributed by atoms with E-state index in [-0.39, 0.29) is 36.3 Å². The number of guanidine groups is 1. The molecule has 2 heterocycles. The number of amides is 2. The summed E-state index contributed by atoms with van der Waals surface area (Å²) < 4.78 is 5.59. The molecule has 2 aromatic rings. The molecule has 33 heavy (non-hydrogen) atoms. The normalized spacial score (nSPS) is 25.5. The molecule has 3 atom stereocenters. The minimum absolute atomic E-state index is 0.0468. The van der Waals surface area contributed by atoms with E-state index in [2.05, 4.69) is 10.6 Å². The zero-order chi connectivity index (χ0) is 23.8. The minimum Gasteiger partial charge on any atom is -0.378 e. The first-order valence-corrected chi connectivity index (χ1v) is 11.6. The van der Waals surface area contributed by atoms with Crippen LogP contribution in [0, 0.1) is 5.41 Å². The lowest BCUT2D eigenvalue weighted by atomic mass is 9.85. The van der Waals surface area contributed by atoms with Gasteiger partial charge in [0.1, 0.15) is 0 Å². The van der Waals surface area contributed by atoms with Crippen LogP contribution in [0.15, 0.2) is 42.5 Å². The van der Waals surface area contributed by atoms with E-state index in [1.807, 2.05) is 13.8 Å². The van der Waals surface area contributed by atoms with Gasteiger partial charge in [-0.05, 0) is 50.5 Å². The number of nitrogens with zero attached hydrogens (tertiary/aromatic N) is 1. The van der Waals surface area contributed by atoms with E-state index in [4.69, 9.17) is 33.3 Å². The topological polar surface area (TPSA) is 94.5 Å². The zero-order valence-corrected chi connectivity index (χ0v) is 20.0. The monoisotopic (exact) mass is 488 g/mol. The Labute approximate surface area is 202 Å². The van der Waals surface area contributed by atoms with Crippen molar-refractivity contribution in [1.82, 2.24) is 10.2 Å². The summed E-state index contributed by atoms with van der Waals surface area (Å²) in [5.74, 6) is -0.471. The molecule has 0 spiro atoms. The van der Waals surface area contributed by atoms with Crippen molar-refractivity contribution in [2.24, 2.45) is 0 Å². The van der Waals surface area contributed by atoms with Crippen LogP contribution in [0.2, 0.25) is 10.0 Å². The smallest absolute Gasteiger partial charge is 0.257 e. The van der Waals surface area contributed by atoms with Gasteiger partial charge in [-0.1, -0.05) is 47.5 Å². The largest absolute Gasteiger partial charge is 0.378 e. The Balaban J connectivity index is 1.57. The lowest BCUT2D eigenvalue weighted by Gasteiger charge is -2.45. The number of hydrogen-bond acceptors (Lipinski definition) is 4. The minimum atomic E-state index is -0.899. The van der Waals surface area contributed by atoms with E-state index in [0.29, 0.717) is 46.3 Å². The number of carbonyl (C=O) groups excluding carboxylic acids is 2. The van der Waals surface area contributed by atoms with Crippen molar-refractivity contribution < 1.29 is 14.3 Å². The van der Waals surface area contributed by atoms with E-state index in [1.54, 1.807) is 42.5 Å². The Morgan fingerprint density at radius 2 is 2.00 bits per heavy atom. The van der Waals surface area contributed by atoms with Crippen LogP contribution in [-0.2, 0) is 15.1 Å². The van der Waals surface area contributed by atoms with Crippen molar-refractivity contribution in [1.29, 1.82) is 5.41 Å². The van der Waals surface area contributed by atoms with Crippen molar-refractivity contribution in [3.63, 3.8) is 0 Å². The van der Waals surface area contributed by atoms with Crippen molar-refractivity contribution >= 4 is 46.7 Å². The number of anilines is 1. The molecular formula is C24H26Cl2N4O3. The summed E-state index contributed by atoms with van der Waals surface area (Å²) in [7, 11) is 0. The fraction of sp³-hybridized carbons (Fsp3) is 0.375. The van der Waals surface area contributed by atoms with E-state index in [9.17, 15) is 9.59 Å². The standard InChI is InChI=1S/C24H26Cl2N4O3/c1-14-12-15(10-11-33-14)30-20(31)13-24(2,29-23(30)27)17-7-5-9-19(21(17)26)28-22(32)16-6-3-4-8-18(16)25/h3-9,14-15H,10-13H2,1-2H3,(H2,27,29)(H,28,32)/t14-,15-,24+/m1/s1. The summed E-state index contributed by atoms with van der Waals surface area (Å²) in [6.45, 7) is 4.38. The molecular weight excluding hydrogens is 463 g/mol. The highest BCUT2D eigenvalue weighted by atomic mass is 35.5. The molecule has 0 bridgehead atoms. The van der Waals surface area contributed by atoms with E-state index >= 15 is 0 Å². The van der Waals surface area contributed by atoms with Crippen LogP contribution in [0.25, 0.3) is 0 Å². The predicted molar refractivity (Wildman–Crippen MR) is 129 cm³/mol. The molecule has 2 aromatic carbocycles. The highest BCUT2D eigenvalue weighted by Gasteiger charge is 2.43. The van der Waals surface area contributed by atoms with Crippen LogP contribution >= 0.6 is 23.2 Å². The first-order valence-electron chi connectivity index (χ1n) is 10.8. The highest BCUT2D eigenvalue weighted by Crippen LogP contribution is 2.38. The maximum Gasteiger partial charge on any atom is 0.257 e. The number of rotatable bonds is 4. The second kappa shape index (κ2) is 9.33.